The average molecular weight is 309 g/mol. The maximum absolute atomic E-state index is 12.4. The summed E-state index contributed by atoms with van der Waals surface area (Å²) in [5, 5.41) is 3.90. The van der Waals surface area contributed by atoms with Gasteiger partial charge in [-0.05, 0) is 24.5 Å². The van der Waals surface area contributed by atoms with Crippen LogP contribution in [0, 0.1) is 5.92 Å². The van der Waals surface area contributed by atoms with Gasteiger partial charge in [-0.2, -0.15) is 9.40 Å². The van der Waals surface area contributed by atoms with Gasteiger partial charge in [-0.15, -0.1) is 0 Å². The Labute approximate surface area is 124 Å². The monoisotopic (exact) mass is 309 g/mol. The molecule has 2 aromatic rings. The second-order valence-corrected chi connectivity index (χ2v) is 7.78. The van der Waals surface area contributed by atoms with E-state index in [1.807, 2.05) is 12.1 Å². The van der Waals surface area contributed by atoms with Gasteiger partial charge in [0.15, 0.2) is 0 Å². The molecule has 0 radical (unpaired) electrons. The Hall–Kier alpha value is -1.60. The molecule has 2 atom stereocenters. The van der Waals surface area contributed by atoms with Crippen molar-refractivity contribution in [2.24, 2.45) is 13.0 Å². The Kier molecular flexibility index (Phi) is 3.41. The molecule has 114 valence electrons. The quantitative estimate of drug-likeness (QED) is 0.846. The van der Waals surface area contributed by atoms with Crippen LogP contribution in [-0.2, 0) is 23.6 Å². The molecule has 1 aliphatic rings. The van der Waals surface area contributed by atoms with Crippen LogP contribution < -0.4 is 0 Å². The summed E-state index contributed by atoms with van der Waals surface area (Å²) in [5.41, 5.74) is 0. The predicted octanol–water partition coefficient (Wildman–Crippen LogP) is 1.96. The van der Waals surface area contributed by atoms with Gasteiger partial charge >= 0.3 is 0 Å². The number of hydrogen-bond acceptors (Lipinski definition) is 4. The highest BCUT2D eigenvalue weighted by molar-refractivity contribution is 7.89. The zero-order valence-corrected chi connectivity index (χ0v) is 13.2. The summed E-state index contributed by atoms with van der Waals surface area (Å²) in [4.78, 5) is 0.190. The van der Waals surface area contributed by atoms with E-state index in [-0.39, 0.29) is 11.4 Å². The topological polar surface area (TPSA) is 68.3 Å². The minimum absolute atomic E-state index is 0.190. The van der Waals surface area contributed by atoms with Crippen molar-refractivity contribution in [3.63, 3.8) is 0 Å². The molecule has 0 unspecified atom stereocenters. The number of furan rings is 1. The first-order valence-corrected chi connectivity index (χ1v) is 8.35. The summed E-state index contributed by atoms with van der Waals surface area (Å²) >= 11 is 0. The van der Waals surface area contributed by atoms with Crippen LogP contribution in [0.3, 0.4) is 0 Å². The SMILES string of the molecule is C[C@@H]1C[C@H]1c1ccc(CN(C)S(=O)(=O)c2cnn(C)c2)o1. The smallest absolute Gasteiger partial charge is 0.246 e. The van der Waals surface area contributed by atoms with Crippen LogP contribution in [0.25, 0.3) is 0 Å². The number of aryl methyl sites for hydroxylation is 1. The van der Waals surface area contributed by atoms with Crippen molar-refractivity contribution in [1.29, 1.82) is 0 Å². The summed E-state index contributed by atoms with van der Waals surface area (Å²) in [6.07, 6.45) is 3.99. The molecule has 0 N–H and O–H groups in total. The average Bonchev–Trinajstić information content (AvgIpc) is 2.82. The van der Waals surface area contributed by atoms with Crippen molar-refractivity contribution in [2.45, 2.75) is 30.7 Å². The summed E-state index contributed by atoms with van der Waals surface area (Å²) in [5.74, 6) is 2.79. The molecular weight excluding hydrogens is 290 g/mol. The Morgan fingerprint density at radius 2 is 2.19 bits per heavy atom. The first-order chi connectivity index (χ1) is 9.88. The van der Waals surface area contributed by atoms with Crippen LogP contribution >= 0.6 is 0 Å². The molecule has 0 aromatic carbocycles. The second kappa shape index (κ2) is 4.99. The lowest BCUT2D eigenvalue weighted by Crippen LogP contribution is -2.26. The Morgan fingerprint density at radius 1 is 1.48 bits per heavy atom. The van der Waals surface area contributed by atoms with E-state index in [1.165, 1.54) is 21.4 Å². The highest BCUT2D eigenvalue weighted by atomic mass is 32.2. The maximum Gasteiger partial charge on any atom is 0.246 e. The normalized spacial score (nSPS) is 21.9. The fourth-order valence-corrected chi connectivity index (χ4v) is 3.54. The van der Waals surface area contributed by atoms with Crippen molar-refractivity contribution in [2.75, 3.05) is 7.05 Å². The third-order valence-electron chi connectivity index (χ3n) is 3.93. The molecule has 1 aliphatic carbocycles. The number of aromatic nitrogens is 2. The molecule has 1 saturated carbocycles. The Balaban J connectivity index is 1.73. The van der Waals surface area contributed by atoms with Crippen LogP contribution in [0.2, 0.25) is 0 Å². The minimum atomic E-state index is -3.53. The molecule has 6 nitrogen and oxygen atoms in total. The number of nitrogens with zero attached hydrogens (tertiary/aromatic N) is 3. The first kappa shape index (κ1) is 14.3. The van der Waals surface area contributed by atoms with Gasteiger partial charge in [-0.3, -0.25) is 4.68 Å². The summed E-state index contributed by atoms with van der Waals surface area (Å²) in [7, 11) is -0.297. The van der Waals surface area contributed by atoms with Crippen molar-refractivity contribution in [3.05, 3.63) is 36.0 Å². The van der Waals surface area contributed by atoms with E-state index in [0.29, 0.717) is 17.6 Å². The summed E-state index contributed by atoms with van der Waals surface area (Å²) in [6.45, 7) is 2.41. The molecule has 7 heteroatoms. The minimum Gasteiger partial charge on any atom is -0.464 e. The van der Waals surface area contributed by atoms with Crippen LogP contribution in [0.15, 0.2) is 33.8 Å². The van der Waals surface area contributed by atoms with E-state index in [0.717, 1.165) is 12.2 Å². The van der Waals surface area contributed by atoms with Gasteiger partial charge < -0.3 is 4.42 Å². The lowest BCUT2D eigenvalue weighted by atomic mass is 10.3. The molecule has 0 saturated heterocycles. The van der Waals surface area contributed by atoms with E-state index in [1.54, 1.807) is 14.1 Å². The van der Waals surface area contributed by atoms with Crippen molar-refractivity contribution < 1.29 is 12.8 Å². The van der Waals surface area contributed by atoms with Crippen molar-refractivity contribution in [3.8, 4) is 0 Å². The lowest BCUT2D eigenvalue weighted by Gasteiger charge is -2.14. The van der Waals surface area contributed by atoms with Gasteiger partial charge in [0.25, 0.3) is 0 Å². The number of hydrogen-bond donors (Lipinski definition) is 0. The third-order valence-corrected chi connectivity index (χ3v) is 5.68. The largest absolute Gasteiger partial charge is 0.464 e. The maximum atomic E-state index is 12.4. The van der Waals surface area contributed by atoms with E-state index < -0.39 is 10.0 Å². The van der Waals surface area contributed by atoms with Crippen LogP contribution in [0.5, 0.6) is 0 Å². The van der Waals surface area contributed by atoms with E-state index in [4.69, 9.17) is 4.42 Å². The van der Waals surface area contributed by atoms with Gasteiger partial charge in [0.1, 0.15) is 16.4 Å². The van der Waals surface area contributed by atoms with Gasteiger partial charge in [0.2, 0.25) is 10.0 Å². The molecule has 21 heavy (non-hydrogen) atoms. The number of sulfonamides is 1. The number of rotatable bonds is 5. The molecule has 0 aliphatic heterocycles. The zero-order valence-electron chi connectivity index (χ0n) is 12.4. The van der Waals surface area contributed by atoms with E-state index >= 15 is 0 Å². The first-order valence-electron chi connectivity index (χ1n) is 6.91. The van der Waals surface area contributed by atoms with Gasteiger partial charge in [0.05, 0.1) is 12.7 Å². The third kappa shape index (κ3) is 2.75. The van der Waals surface area contributed by atoms with Crippen LogP contribution in [-0.4, -0.2) is 29.6 Å². The molecule has 1 fully saturated rings. The molecule has 0 amide bonds. The van der Waals surface area contributed by atoms with Gasteiger partial charge in [-0.1, -0.05) is 6.92 Å². The molecule has 0 spiro atoms. The molecule has 2 aromatic heterocycles. The second-order valence-electron chi connectivity index (χ2n) is 5.73. The summed E-state index contributed by atoms with van der Waals surface area (Å²) < 4.78 is 33.3. The Bertz CT molecular complexity index is 747. The Morgan fingerprint density at radius 3 is 2.76 bits per heavy atom. The molecule has 0 bridgehead atoms. The van der Waals surface area contributed by atoms with Crippen molar-refractivity contribution in [1.82, 2.24) is 14.1 Å². The predicted molar refractivity (Wildman–Crippen MR) is 77.1 cm³/mol. The van der Waals surface area contributed by atoms with Gasteiger partial charge in [-0.25, -0.2) is 8.42 Å². The van der Waals surface area contributed by atoms with E-state index in [9.17, 15) is 8.42 Å². The zero-order chi connectivity index (χ0) is 15.2. The van der Waals surface area contributed by atoms with E-state index in [2.05, 4.69) is 12.0 Å². The van der Waals surface area contributed by atoms with Gasteiger partial charge in [0, 0.05) is 26.2 Å². The highest BCUT2D eigenvalue weighted by Crippen LogP contribution is 2.47. The standard InChI is InChI=1S/C14H19N3O3S/c1-10-6-13(10)14-5-4-11(20-14)8-17(3)21(18,19)12-7-15-16(2)9-12/h4-5,7,9-10,13H,6,8H2,1-3H3/t10-,13-/m1/s1. The highest BCUT2D eigenvalue weighted by Gasteiger charge is 2.36. The molecule has 2 heterocycles. The molecule has 3 rings (SSSR count). The fourth-order valence-electron chi connectivity index (χ4n) is 2.41. The van der Waals surface area contributed by atoms with Crippen LogP contribution in [0.4, 0.5) is 0 Å². The van der Waals surface area contributed by atoms with Crippen molar-refractivity contribution >= 4 is 10.0 Å². The summed E-state index contributed by atoms with van der Waals surface area (Å²) in [6, 6.07) is 3.81. The van der Waals surface area contributed by atoms with Crippen LogP contribution in [0.1, 0.15) is 30.8 Å². The lowest BCUT2D eigenvalue weighted by molar-refractivity contribution is 0.390. The fraction of sp³-hybridized carbons (Fsp3) is 0.500. The molecular formula is C14H19N3O3S.